The first-order chi connectivity index (χ1) is 8.35. The maximum atomic E-state index is 4.72. The fraction of sp³-hybridized carbons (Fsp3) is 0.667. The van der Waals surface area contributed by atoms with Gasteiger partial charge in [0.05, 0.1) is 0 Å². The average Bonchev–Trinajstić information content (AvgIpc) is 2.26. The first-order valence-electron chi connectivity index (χ1n) is 6.71. The highest BCUT2D eigenvalue weighted by molar-refractivity contribution is 5.42. The third-order valence-electron chi connectivity index (χ3n) is 2.77. The first kappa shape index (κ1) is 15.0. The SMILES string of the molecule is CCc1cc(CNC)cc(N(C)CC(C)(C)C)n1. The molecular formula is C15H27N3. The van der Waals surface area contributed by atoms with Crippen molar-refractivity contribution in [3.63, 3.8) is 0 Å². The van der Waals surface area contributed by atoms with Gasteiger partial charge in [-0.05, 0) is 36.6 Å². The van der Waals surface area contributed by atoms with Crippen molar-refractivity contribution >= 4 is 5.82 Å². The molecule has 1 aromatic rings. The van der Waals surface area contributed by atoms with E-state index in [-0.39, 0.29) is 5.41 Å². The van der Waals surface area contributed by atoms with Crippen LogP contribution in [0.5, 0.6) is 0 Å². The van der Waals surface area contributed by atoms with Crippen molar-refractivity contribution in [1.82, 2.24) is 10.3 Å². The van der Waals surface area contributed by atoms with Gasteiger partial charge in [0.1, 0.15) is 5.82 Å². The lowest BCUT2D eigenvalue weighted by Crippen LogP contribution is -2.30. The molecule has 0 radical (unpaired) electrons. The van der Waals surface area contributed by atoms with Crippen molar-refractivity contribution in [1.29, 1.82) is 0 Å². The predicted octanol–water partition coefficient (Wildman–Crippen LogP) is 2.85. The highest BCUT2D eigenvalue weighted by atomic mass is 15.2. The van der Waals surface area contributed by atoms with E-state index in [1.807, 2.05) is 7.05 Å². The van der Waals surface area contributed by atoms with Crippen LogP contribution in [0.2, 0.25) is 0 Å². The smallest absolute Gasteiger partial charge is 0.128 e. The first-order valence-corrected chi connectivity index (χ1v) is 6.71. The summed E-state index contributed by atoms with van der Waals surface area (Å²) in [6.07, 6.45) is 0.980. The molecular weight excluding hydrogens is 222 g/mol. The van der Waals surface area contributed by atoms with Gasteiger partial charge >= 0.3 is 0 Å². The Hall–Kier alpha value is -1.09. The summed E-state index contributed by atoms with van der Waals surface area (Å²) in [4.78, 5) is 6.96. The molecule has 0 bridgehead atoms. The molecule has 1 aromatic heterocycles. The zero-order chi connectivity index (χ0) is 13.8. The van der Waals surface area contributed by atoms with Crippen molar-refractivity contribution < 1.29 is 0 Å². The number of hydrogen-bond acceptors (Lipinski definition) is 3. The van der Waals surface area contributed by atoms with Gasteiger partial charge in [-0.2, -0.15) is 0 Å². The minimum atomic E-state index is 0.280. The Labute approximate surface area is 112 Å². The quantitative estimate of drug-likeness (QED) is 0.869. The van der Waals surface area contributed by atoms with Gasteiger partial charge in [-0.15, -0.1) is 0 Å². The van der Waals surface area contributed by atoms with Crippen molar-refractivity contribution in [2.75, 3.05) is 25.5 Å². The molecule has 0 aliphatic rings. The van der Waals surface area contributed by atoms with Gasteiger partial charge in [-0.3, -0.25) is 0 Å². The van der Waals surface area contributed by atoms with Crippen molar-refractivity contribution in [2.24, 2.45) is 5.41 Å². The summed E-state index contributed by atoms with van der Waals surface area (Å²) >= 11 is 0. The largest absolute Gasteiger partial charge is 0.359 e. The fourth-order valence-electron chi connectivity index (χ4n) is 2.11. The number of nitrogens with one attached hydrogen (secondary N) is 1. The van der Waals surface area contributed by atoms with E-state index in [1.165, 1.54) is 11.3 Å². The van der Waals surface area contributed by atoms with Gasteiger partial charge in [-0.25, -0.2) is 4.98 Å². The summed E-state index contributed by atoms with van der Waals surface area (Å²) in [5.74, 6) is 1.08. The molecule has 3 nitrogen and oxygen atoms in total. The highest BCUT2D eigenvalue weighted by Gasteiger charge is 2.15. The fourth-order valence-corrected chi connectivity index (χ4v) is 2.11. The molecule has 1 N–H and O–H groups in total. The Balaban J connectivity index is 2.96. The van der Waals surface area contributed by atoms with Crippen LogP contribution in [0, 0.1) is 5.41 Å². The minimum Gasteiger partial charge on any atom is -0.359 e. The lowest BCUT2D eigenvalue weighted by Gasteiger charge is -2.28. The van der Waals surface area contributed by atoms with Crippen LogP contribution in [0.1, 0.15) is 39.0 Å². The van der Waals surface area contributed by atoms with Gasteiger partial charge in [0, 0.05) is 25.8 Å². The normalized spacial score (nSPS) is 11.7. The van der Waals surface area contributed by atoms with Crippen LogP contribution in [0.3, 0.4) is 0 Å². The van der Waals surface area contributed by atoms with Crippen LogP contribution in [0.4, 0.5) is 5.82 Å². The van der Waals surface area contributed by atoms with E-state index >= 15 is 0 Å². The molecule has 0 saturated heterocycles. The van der Waals surface area contributed by atoms with Crippen molar-refractivity contribution in [2.45, 2.75) is 40.7 Å². The topological polar surface area (TPSA) is 28.2 Å². The van der Waals surface area contributed by atoms with Crippen molar-refractivity contribution in [3.8, 4) is 0 Å². The standard InChI is InChI=1S/C15H27N3/c1-7-13-8-12(10-16-5)9-14(17-13)18(6)11-15(2,3)4/h8-9,16H,7,10-11H2,1-6H3. The summed E-state index contributed by atoms with van der Waals surface area (Å²) in [6.45, 7) is 10.8. The summed E-state index contributed by atoms with van der Waals surface area (Å²) in [7, 11) is 4.10. The monoisotopic (exact) mass is 249 g/mol. The lowest BCUT2D eigenvalue weighted by atomic mass is 9.96. The van der Waals surface area contributed by atoms with Crippen LogP contribution in [0.15, 0.2) is 12.1 Å². The van der Waals surface area contributed by atoms with Gasteiger partial charge < -0.3 is 10.2 Å². The van der Waals surface area contributed by atoms with Crippen LogP contribution < -0.4 is 10.2 Å². The van der Waals surface area contributed by atoms with E-state index in [0.29, 0.717) is 0 Å². The molecule has 102 valence electrons. The third kappa shape index (κ3) is 4.65. The number of pyridine rings is 1. The summed E-state index contributed by atoms with van der Waals surface area (Å²) < 4.78 is 0. The van der Waals surface area contributed by atoms with E-state index in [9.17, 15) is 0 Å². The molecule has 0 spiro atoms. The lowest BCUT2D eigenvalue weighted by molar-refractivity contribution is 0.417. The number of hydrogen-bond donors (Lipinski definition) is 1. The Kier molecular flexibility index (Phi) is 5.15. The molecule has 18 heavy (non-hydrogen) atoms. The molecule has 1 heterocycles. The second-order valence-corrected chi connectivity index (χ2v) is 6.13. The van der Waals surface area contributed by atoms with E-state index < -0.39 is 0 Å². The number of aryl methyl sites for hydroxylation is 1. The number of aromatic nitrogens is 1. The summed E-state index contributed by atoms with van der Waals surface area (Å²) in [5, 5.41) is 3.20. The van der Waals surface area contributed by atoms with Crippen LogP contribution >= 0.6 is 0 Å². The van der Waals surface area contributed by atoms with Gasteiger partial charge in [0.15, 0.2) is 0 Å². The Bertz CT molecular complexity index is 380. The second-order valence-electron chi connectivity index (χ2n) is 6.13. The predicted molar refractivity (Wildman–Crippen MR) is 79.1 cm³/mol. The minimum absolute atomic E-state index is 0.280. The van der Waals surface area contributed by atoms with Crippen LogP contribution in [-0.2, 0) is 13.0 Å². The Morgan fingerprint density at radius 3 is 2.44 bits per heavy atom. The number of nitrogens with zero attached hydrogens (tertiary/aromatic N) is 2. The van der Waals surface area contributed by atoms with E-state index in [4.69, 9.17) is 4.98 Å². The zero-order valence-electron chi connectivity index (χ0n) is 12.7. The number of rotatable bonds is 5. The van der Waals surface area contributed by atoms with Crippen LogP contribution in [-0.4, -0.2) is 25.6 Å². The molecule has 0 aliphatic carbocycles. The third-order valence-corrected chi connectivity index (χ3v) is 2.77. The highest BCUT2D eigenvalue weighted by Crippen LogP contribution is 2.20. The van der Waals surface area contributed by atoms with Gasteiger partial charge in [-0.1, -0.05) is 27.7 Å². The summed E-state index contributed by atoms with van der Waals surface area (Å²) in [6, 6.07) is 4.37. The molecule has 0 amide bonds. The van der Waals surface area contributed by atoms with E-state index in [1.54, 1.807) is 0 Å². The Morgan fingerprint density at radius 2 is 1.94 bits per heavy atom. The zero-order valence-corrected chi connectivity index (χ0v) is 12.7. The van der Waals surface area contributed by atoms with Crippen LogP contribution in [0.25, 0.3) is 0 Å². The molecule has 3 heteroatoms. The maximum Gasteiger partial charge on any atom is 0.128 e. The van der Waals surface area contributed by atoms with Gasteiger partial charge in [0.25, 0.3) is 0 Å². The molecule has 0 saturated carbocycles. The van der Waals surface area contributed by atoms with E-state index in [2.05, 4.69) is 57.1 Å². The maximum absolute atomic E-state index is 4.72. The Morgan fingerprint density at radius 1 is 1.28 bits per heavy atom. The molecule has 0 unspecified atom stereocenters. The molecule has 0 fully saturated rings. The number of anilines is 1. The van der Waals surface area contributed by atoms with E-state index in [0.717, 1.165) is 25.3 Å². The van der Waals surface area contributed by atoms with Gasteiger partial charge in [0.2, 0.25) is 0 Å². The second kappa shape index (κ2) is 6.19. The average molecular weight is 249 g/mol. The molecule has 0 aromatic carbocycles. The molecule has 1 rings (SSSR count). The molecule has 0 atom stereocenters. The van der Waals surface area contributed by atoms with Crippen molar-refractivity contribution in [3.05, 3.63) is 23.4 Å². The molecule has 0 aliphatic heterocycles. The summed E-state index contributed by atoms with van der Waals surface area (Å²) in [5.41, 5.74) is 2.75.